The number of thiophene rings is 1. The van der Waals surface area contributed by atoms with E-state index >= 15 is 0 Å². The van der Waals surface area contributed by atoms with E-state index in [1.165, 1.54) is 22.6 Å². The van der Waals surface area contributed by atoms with Crippen LogP contribution in [0.3, 0.4) is 0 Å². The lowest BCUT2D eigenvalue weighted by molar-refractivity contribution is 0.0186. The lowest BCUT2D eigenvalue weighted by Gasteiger charge is -2.34. The molecule has 0 spiro atoms. The van der Waals surface area contributed by atoms with Crippen molar-refractivity contribution >= 4 is 17.3 Å². The molecule has 0 bridgehead atoms. The molecule has 6 heteroatoms. The summed E-state index contributed by atoms with van der Waals surface area (Å²) in [7, 11) is 0. The molecule has 1 unspecified atom stereocenters. The van der Waals surface area contributed by atoms with Gasteiger partial charge in [-0.05, 0) is 37.8 Å². The first-order valence-corrected chi connectivity index (χ1v) is 9.88. The van der Waals surface area contributed by atoms with Crippen molar-refractivity contribution in [3.8, 4) is 0 Å². The molecule has 2 fully saturated rings. The highest BCUT2D eigenvalue weighted by Crippen LogP contribution is 2.28. The van der Waals surface area contributed by atoms with E-state index in [2.05, 4.69) is 35.8 Å². The quantitative estimate of drug-likeness (QED) is 0.669. The third kappa shape index (κ3) is 4.49. The van der Waals surface area contributed by atoms with Crippen molar-refractivity contribution in [3.05, 3.63) is 21.9 Å². The third-order valence-electron chi connectivity index (χ3n) is 5.11. The number of nitrogens with two attached hydrogens (primary N) is 1. The molecule has 3 rings (SSSR count). The first-order chi connectivity index (χ1) is 11.6. The van der Waals surface area contributed by atoms with Crippen molar-refractivity contribution in [2.24, 2.45) is 16.6 Å². The molecule has 134 valence electrons. The zero-order valence-electron chi connectivity index (χ0n) is 14.9. The van der Waals surface area contributed by atoms with Crippen LogP contribution in [-0.2, 0) is 4.74 Å². The summed E-state index contributed by atoms with van der Waals surface area (Å²) < 4.78 is 5.51. The van der Waals surface area contributed by atoms with Gasteiger partial charge in [-0.3, -0.25) is 9.89 Å². The lowest BCUT2D eigenvalue weighted by Crippen LogP contribution is -2.43. The second-order valence-corrected chi connectivity index (χ2v) is 8.30. The predicted molar refractivity (Wildman–Crippen MR) is 101 cm³/mol. The molecule has 1 atom stereocenters. The van der Waals surface area contributed by atoms with Gasteiger partial charge in [0.2, 0.25) is 0 Å². The average Bonchev–Trinajstić information content (AvgIpc) is 3.02. The Kier molecular flexibility index (Phi) is 6.14. The predicted octanol–water partition coefficient (Wildman–Crippen LogP) is 2.48. The van der Waals surface area contributed by atoms with Crippen LogP contribution in [0.2, 0.25) is 0 Å². The van der Waals surface area contributed by atoms with E-state index in [4.69, 9.17) is 15.5 Å². The van der Waals surface area contributed by atoms with Crippen LogP contribution in [-0.4, -0.2) is 61.7 Å². The Hall–Kier alpha value is -1.11. The van der Waals surface area contributed by atoms with Crippen molar-refractivity contribution in [3.63, 3.8) is 0 Å². The Morgan fingerprint density at radius 3 is 2.62 bits per heavy atom. The Morgan fingerprint density at radius 1 is 1.29 bits per heavy atom. The van der Waals surface area contributed by atoms with E-state index in [0.717, 1.165) is 51.9 Å². The molecular formula is C18H30N4OS. The zero-order valence-corrected chi connectivity index (χ0v) is 15.7. The summed E-state index contributed by atoms with van der Waals surface area (Å²) >= 11 is 1.87. The maximum absolute atomic E-state index is 6.29. The second-order valence-electron chi connectivity index (χ2n) is 6.98. The molecule has 2 saturated heterocycles. The molecule has 0 aliphatic carbocycles. The molecule has 2 aliphatic heterocycles. The molecule has 0 aromatic carbocycles. The van der Waals surface area contributed by atoms with Gasteiger partial charge in [0.25, 0.3) is 0 Å². The largest absolute Gasteiger partial charge is 0.379 e. The molecule has 2 N–H and O–H groups in total. The summed E-state index contributed by atoms with van der Waals surface area (Å²) in [4.78, 5) is 12.3. The van der Waals surface area contributed by atoms with Gasteiger partial charge in [0.15, 0.2) is 5.96 Å². The zero-order chi connectivity index (χ0) is 16.9. The van der Waals surface area contributed by atoms with Gasteiger partial charge in [0.1, 0.15) is 0 Å². The number of rotatable bonds is 4. The number of piperidine rings is 1. The van der Waals surface area contributed by atoms with E-state index in [9.17, 15) is 0 Å². The van der Waals surface area contributed by atoms with Gasteiger partial charge < -0.3 is 15.4 Å². The number of ether oxygens (including phenoxy) is 1. The lowest BCUT2D eigenvalue weighted by atomic mass is 10.00. The highest BCUT2D eigenvalue weighted by Gasteiger charge is 2.24. The number of hydrogen-bond donors (Lipinski definition) is 1. The molecule has 0 radical (unpaired) electrons. The van der Waals surface area contributed by atoms with E-state index in [1.807, 2.05) is 11.3 Å². The number of aryl methyl sites for hydroxylation is 1. The molecule has 24 heavy (non-hydrogen) atoms. The van der Waals surface area contributed by atoms with Crippen LogP contribution >= 0.6 is 11.3 Å². The van der Waals surface area contributed by atoms with Crippen molar-refractivity contribution in [2.45, 2.75) is 32.7 Å². The second kappa shape index (κ2) is 8.32. The minimum Gasteiger partial charge on any atom is -0.379 e. The fraction of sp³-hybridized carbons (Fsp3) is 0.722. The van der Waals surface area contributed by atoms with Crippen molar-refractivity contribution < 1.29 is 4.74 Å². The number of guanidine groups is 1. The summed E-state index contributed by atoms with van der Waals surface area (Å²) in [5.74, 6) is 1.53. The Morgan fingerprint density at radius 2 is 2.00 bits per heavy atom. The topological polar surface area (TPSA) is 54.1 Å². The highest BCUT2D eigenvalue weighted by molar-refractivity contribution is 7.12. The summed E-state index contributed by atoms with van der Waals surface area (Å²) in [5.41, 5.74) is 6.29. The molecule has 1 aromatic rings. The van der Waals surface area contributed by atoms with Gasteiger partial charge in [-0.2, -0.15) is 0 Å². The standard InChI is InChI=1S/C18H30N4OS/c1-14-5-7-22(8-6-14)18(19)20-13-16(17-4-3-15(2)24-17)21-9-11-23-12-10-21/h3-4,14,16H,5-13H2,1-2H3,(H2,19,20). The van der Waals surface area contributed by atoms with Crippen LogP contribution in [0.5, 0.6) is 0 Å². The summed E-state index contributed by atoms with van der Waals surface area (Å²) in [6.45, 7) is 10.9. The maximum Gasteiger partial charge on any atom is 0.191 e. The summed E-state index contributed by atoms with van der Waals surface area (Å²) in [6.07, 6.45) is 2.43. The van der Waals surface area contributed by atoms with Crippen molar-refractivity contribution in [1.29, 1.82) is 0 Å². The monoisotopic (exact) mass is 350 g/mol. The van der Waals surface area contributed by atoms with E-state index in [0.29, 0.717) is 12.0 Å². The molecular weight excluding hydrogens is 320 g/mol. The number of morpholine rings is 1. The van der Waals surface area contributed by atoms with Crippen LogP contribution < -0.4 is 5.73 Å². The smallest absolute Gasteiger partial charge is 0.191 e. The molecule has 5 nitrogen and oxygen atoms in total. The Bertz CT molecular complexity index is 545. The SMILES string of the molecule is Cc1ccc(C(CN=C(N)N2CCC(C)CC2)N2CCOCC2)s1. The van der Waals surface area contributed by atoms with Gasteiger partial charge >= 0.3 is 0 Å². The average molecular weight is 351 g/mol. The first kappa shape index (κ1) is 17.7. The molecule has 3 heterocycles. The van der Waals surface area contributed by atoms with Crippen LogP contribution in [0.15, 0.2) is 17.1 Å². The van der Waals surface area contributed by atoms with Gasteiger partial charge in [0.05, 0.1) is 25.8 Å². The molecule has 2 aliphatic rings. The van der Waals surface area contributed by atoms with Gasteiger partial charge in [-0.1, -0.05) is 6.92 Å². The minimum atomic E-state index is 0.315. The number of aliphatic imine (C=N–C) groups is 1. The maximum atomic E-state index is 6.29. The summed E-state index contributed by atoms with van der Waals surface area (Å²) in [6, 6.07) is 4.76. The van der Waals surface area contributed by atoms with Crippen molar-refractivity contribution in [2.75, 3.05) is 45.9 Å². The van der Waals surface area contributed by atoms with E-state index in [1.54, 1.807) is 0 Å². The number of hydrogen-bond acceptors (Lipinski definition) is 4. The van der Waals surface area contributed by atoms with Crippen LogP contribution in [0, 0.1) is 12.8 Å². The third-order valence-corrected chi connectivity index (χ3v) is 6.21. The fourth-order valence-corrected chi connectivity index (χ4v) is 4.43. The van der Waals surface area contributed by atoms with Crippen LogP contribution in [0.1, 0.15) is 35.6 Å². The summed E-state index contributed by atoms with van der Waals surface area (Å²) in [5, 5.41) is 0. The highest BCUT2D eigenvalue weighted by atomic mass is 32.1. The first-order valence-electron chi connectivity index (χ1n) is 9.06. The molecule has 0 saturated carbocycles. The fourth-order valence-electron chi connectivity index (χ4n) is 3.42. The number of nitrogens with zero attached hydrogens (tertiary/aromatic N) is 3. The normalized spacial score (nSPS) is 22.8. The molecule has 0 amide bonds. The number of likely N-dealkylation sites (tertiary alicyclic amines) is 1. The Labute approximate surface area is 149 Å². The van der Waals surface area contributed by atoms with Crippen molar-refractivity contribution in [1.82, 2.24) is 9.80 Å². The Balaban J connectivity index is 1.67. The van der Waals surface area contributed by atoms with Crippen LogP contribution in [0.4, 0.5) is 0 Å². The minimum absolute atomic E-state index is 0.315. The van der Waals surface area contributed by atoms with Gasteiger partial charge in [-0.15, -0.1) is 11.3 Å². The van der Waals surface area contributed by atoms with Gasteiger partial charge in [0, 0.05) is 35.9 Å². The molecule has 1 aromatic heterocycles. The van der Waals surface area contributed by atoms with Gasteiger partial charge in [-0.25, -0.2) is 0 Å². The van der Waals surface area contributed by atoms with E-state index in [-0.39, 0.29) is 0 Å². The van der Waals surface area contributed by atoms with Crippen LogP contribution in [0.25, 0.3) is 0 Å². The van der Waals surface area contributed by atoms with E-state index < -0.39 is 0 Å².